The van der Waals surface area contributed by atoms with Crippen molar-refractivity contribution in [3.63, 3.8) is 0 Å². The molecule has 22 heavy (non-hydrogen) atoms. The van der Waals surface area contributed by atoms with Gasteiger partial charge in [-0.15, -0.1) is 6.58 Å². The Morgan fingerprint density at radius 1 is 1.00 bits per heavy atom. The van der Waals surface area contributed by atoms with Crippen LogP contribution in [-0.4, -0.2) is 19.7 Å². The molecular formula is C18H18O4. The maximum atomic E-state index is 12.0. The van der Waals surface area contributed by atoms with Crippen molar-refractivity contribution in [3.8, 4) is 17.2 Å². The highest BCUT2D eigenvalue weighted by Gasteiger charge is 2.08. The summed E-state index contributed by atoms with van der Waals surface area (Å²) in [5.41, 5.74) is 0.465. The van der Waals surface area contributed by atoms with E-state index in [1.807, 2.05) is 0 Å². The topological polar surface area (TPSA) is 44.8 Å². The molecule has 0 atom stereocenters. The first-order valence-corrected chi connectivity index (χ1v) is 6.93. The van der Waals surface area contributed by atoms with Crippen LogP contribution in [0.2, 0.25) is 0 Å². The van der Waals surface area contributed by atoms with Gasteiger partial charge < -0.3 is 14.2 Å². The van der Waals surface area contributed by atoms with Crippen molar-refractivity contribution in [1.29, 1.82) is 0 Å². The van der Waals surface area contributed by atoms with Gasteiger partial charge in [-0.2, -0.15) is 0 Å². The monoisotopic (exact) mass is 298 g/mol. The second kappa shape index (κ2) is 7.88. The average Bonchev–Trinajstić information content (AvgIpc) is 2.57. The van der Waals surface area contributed by atoms with Gasteiger partial charge in [-0.1, -0.05) is 6.08 Å². The zero-order valence-corrected chi connectivity index (χ0v) is 12.5. The van der Waals surface area contributed by atoms with Crippen molar-refractivity contribution in [2.45, 2.75) is 6.42 Å². The normalized spacial score (nSPS) is 9.86. The largest absolute Gasteiger partial charge is 0.497 e. The van der Waals surface area contributed by atoms with E-state index in [0.29, 0.717) is 23.7 Å². The molecule has 0 bridgehead atoms. The minimum Gasteiger partial charge on any atom is -0.497 e. The van der Waals surface area contributed by atoms with Gasteiger partial charge in [-0.25, -0.2) is 4.79 Å². The Morgan fingerprint density at radius 2 is 1.59 bits per heavy atom. The summed E-state index contributed by atoms with van der Waals surface area (Å²) >= 11 is 0. The van der Waals surface area contributed by atoms with E-state index in [2.05, 4.69) is 6.58 Å². The summed E-state index contributed by atoms with van der Waals surface area (Å²) in [4.78, 5) is 12.0. The summed E-state index contributed by atoms with van der Waals surface area (Å²) in [6.45, 7) is 4.21. The second-order valence-electron chi connectivity index (χ2n) is 4.52. The SMILES string of the molecule is C=CCCOc1ccc(OC(=O)c2ccc(OC)cc2)cc1. The fourth-order valence-electron chi connectivity index (χ4n) is 1.76. The molecule has 4 nitrogen and oxygen atoms in total. The third-order valence-electron chi connectivity index (χ3n) is 2.95. The fraction of sp³-hybridized carbons (Fsp3) is 0.167. The zero-order chi connectivity index (χ0) is 15.8. The molecule has 0 N–H and O–H groups in total. The van der Waals surface area contributed by atoms with E-state index in [1.54, 1.807) is 61.7 Å². The van der Waals surface area contributed by atoms with Crippen LogP contribution in [0.3, 0.4) is 0 Å². The van der Waals surface area contributed by atoms with Crippen molar-refractivity contribution in [2.75, 3.05) is 13.7 Å². The molecule has 2 aromatic rings. The molecule has 0 amide bonds. The summed E-state index contributed by atoms with van der Waals surface area (Å²) in [5.74, 6) is 1.48. The Labute approximate surface area is 129 Å². The summed E-state index contributed by atoms with van der Waals surface area (Å²) in [5, 5.41) is 0. The van der Waals surface area contributed by atoms with Gasteiger partial charge in [-0.05, 0) is 55.0 Å². The number of esters is 1. The maximum Gasteiger partial charge on any atom is 0.343 e. The lowest BCUT2D eigenvalue weighted by Crippen LogP contribution is -2.08. The molecule has 2 rings (SSSR count). The van der Waals surface area contributed by atoms with E-state index in [-0.39, 0.29) is 0 Å². The standard InChI is InChI=1S/C18H18O4/c1-3-4-13-21-16-9-11-17(12-10-16)22-18(19)14-5-7-15(20-2)8-6-14/h3,5-12H,1,4,13H2,2H3. The third kappa shape index (κ3) is 4.38. The number of benzene rings is 2. The number of hydrogen-bond donors (Lipinski definition) is 0. The molecule has 114 valence electrons. The van der Waals surface area contributed by atoms with E-state index in [9.17, 15) is 4.79 Å². The van der Waals surface area contributed by atoms with Gasteiger partial charge in [0.15, 0.2) is 0 Å². The average molecular weight is 298 g/mol. The molecule has 4 heteroatoms. The quantitative estimate of drug-likeness (QED) is 0.337. The van der Waals surface area contributed by atoms with Crippen molar-refractivity contribution < 1.29 is 19.0 Å². The van der Waals surface area contributed by atoms with E-state index in [1.165, 1.54) is 0 Å². The fourth-order valence-corrected chi connectivity index (χ4v) is 1.76. The smallest absolute Gasteiger partial charge is 0.343 e. The molecule has 0 spiro atoms. The van der Waals surface area contributed by atoms with Crippen molar-refractivity contribution in [3.05, 3.63) is 66.7 Å². The van der Waals surface area contributed by atoms with Gasteiger partial charge in [0, 0.05) is 0 Å². The van der Waals surface area contributed by atoms with E-state index in [0.717, 1.165) is 12.2 Å². The van der Waals surface area contributed by atoms with E-state index >= 15 is 0 Å². The summed E-state index contributed by atoms with van der Waals surface area (Å²) < 4.78 is 15.8. The highest BCUT2D eigenvalue weighted by Crippen LogP contribution is 2.19. The van der Waals surface area contributed by atoms with E-state index in [4.69, 9.17) is 14.2 Å². The predicted molar refractivity (Wildman–Crippen MR) is 84.7 cm³/mol. The number of hydrogen-bond acceptors (Lipinski definition) is 4. The predicted octanol–water partition coefficient (Wildman–Crippen LogP) is 3.87. The molecule has 0 aliphatic carbocycles. The van der Waals surface area contributed by atoms with Crippen LogP contribution in [-0.2, 0) is 0 Å². The van der Waals surface area contributed by atoms with Gasteiger partial charge in [-0.3, -0.25) is 0 Å². The Kier molecular flexibility index (Phi) is 5.60. The molecule has 0 unspecified atom stereocenters. The van der Waals surface area contributed by atoms with Gasteiger partial charge in [0.1, 0.15) is 17.2 Å². The second-order valence-corrected chi connectivity index (χ2v) is 4.52. The van der Waals surface area contributed by atoms with Crippen LogP contribution in [0, 0.1) is 0 Å². The van der Waals surface area contributed by atoms with Crippen LogP contribution < -0.4 is 14.2 Å². The highest BCUT2D eigenvalue weighted by molar-refractivity contribution is 5.91. The number of rotatable bonds is 7. The summed E-state index contributed by atoms with van der Waals surface area (Å²) in [6, 6.07) is 13.7. The number of carbonyl (C=O) groups is 1. The van der Waals surface area contributed by atoms with Gasteiger partial charge >= 0.3 is 5.97 Å². The number of ether oxygens (including phenoxy) is 3. The van der Waals surface area contributed by atoms with Gasteiger partial charge in [0.05, 0.1) is 19.3 Å². The Morgan fingerprint density at radius 3 is 2.18 bits per heavy atom. The molecule has 0 aromatic heterocycles. The van der Waals surface area contributed by atoms with Crippen LogP contribution in [0.4, 0.5) is 0 Å². The Balaban J connectivity index is 1.94. The molecular weight excluding hydrogens is 280 g/mol. The highest BCUT2D eigenvalue weighted by atomic mass is 16.5. The lowest BCUT2D eigenvalue weighted by molar-refractivity contribution is 0.0734. The van der Waals surface area contributed by atoms with Crippen molar-refractivity contribution >= 4 is 5.97 Å². The lowest BCUT2D eigenvalue weighted by atomic mass is 10.2. The first kappa shape index (κ1) is 15.6. The maximum absolute atomic E-state index is 12.0. The summed E-state index contributed by atoms with van der Waals surface area (Å²) in [6.07, 6.45) is 2.58. The molecule has 0 saturated heterocycles. The van der Waals surface area contributed by atoms with E-state index < -0.39 is 5.97 Å². The molecule has 0 fully saturated rings. The number of methoxy groups -OCH3 is 1. The lowest BCUT2D eigenvalue weighted by Gasteiger charge is -2.07. The molecule has 0 aliphatic rings. The number of carbonyl (C=O) groups excluding carboxylic acids is 1. The van der Waals surface area contributed by atoms with Crippen LogP contribution in [0.15, 0.2) is 61.2 Å². The first-order valence-electron chi connectivity index (χ1n) is 6.93. The molecule has 0 saturated carbocycles. The Bertz CT molecular complexity index is 615. The van der Waals surface area contributed by atoms with Crippen molar-refractivity contribution in [1.82, 2.24) is 0 Å². The Hall–Kier alpha value is -2.75. The molecule has 0 heterocycles. The molecule has 0 radical (unpaired) electrons. The van der Waals surface area contributed by atoms with Crippen LogP contribution >= 0.6 is 0 Å². The van der Waals surface area contributed by atoms with Crippen molar-refractivity contribution in [2.24, 2.45) is 0 Å². The molecule has 0 aliphatic heterocycles. The van der Waals surface area contributed by atoms with Crippen LogP contribution in [0.25, 0.3) is 0 Å². The molecule has 2 aromatic carbocycles. The van der Waals surface area contributed by atoms with Crippen LogP contribution in [0.5, 0.6) is 17.2 Å². The van der Waals surface area contributed by atoms with Gasteiger partial charge in [0.2, 0.25) is 0 Å². The van der Waals surface area contributed by atoms with Crippen LogP contribution in [0.1, 0.15) is 16.8 Å². The summed E-state index contributed by atoms with van der Waals surface area (Å²) in [7, 11) is 1.58. The minimum atomic E-state index is -0.414. The van der Waals surface area contributed by atoms with Gasteiger partial charge in [0.25, 0.3) is 0 Å². The first-order chi connectivity index (χ1) is 10.7. The minimum absolute atomic E-state index is 0.414. The third-order valence-corrected chi connectivity index (χ3v) is 2.95. The zero-order valence-electron chi connectivity index (χ0n) is 12.5.